The quantitative estimate of drug-likeness (QED) is 0.265. The van der Waals surface area contributed by atoms with E-state index in [2.05, 4.69) is 19.8 Å². The van der Waals surface area contributed by atoms with Gasteiger partial charge in [0.1, 0.15) is 29.2 Å². The molecule has 4 atom stereocenters. The van der Waals surface area contributed by atoms with Crippen molar-refractivity contribution in [3.05, 3.63) is 53.4 Å². The van der Waals surface area contributed by atoms with E-state index in [9.17, 15) is 9.90 Å². The Balaban J connectivity index is 1.20. The average molecular weight is 675 g/mol. The van der Waals surface area contributed by atoms with Gasteiger partial charge in [-0.2, -0.15) is 9.97 Å². The van der Waals surface area contributed by atoms with Gasteiger partial charge in [-0.05, 0) is 70.9 Å². The predicted molar refractivity (Wildman–Crippen MR) is 182 cm³/mol. The summed E-state index contributed by atoms with van der Waals surface area (Å²) in [6, 6.07) is 11.1. The summed E-state index contributed by atoms with van der Waals surface area (Å²) in [5, 5.41) is 13.0. The molecule has 4 fully saturated rings. The molecule has 4 aromatic rings. The van der Waals surface area contributed by atoms with Crippen molar-refractivity contribution in [1.29, 1.82) is 0 Å². The van der Waals surface area contributed by atoms with Gasteiger partial charge in [0.15, 0.2) is 5.82 Å². The van der Waals surface area contributed by atoms with Crippen LogP contribution in [0, 0.1) is 5.82 Å². The van der Waals surface area contributed by atoms with Crippen LogP contribution in [0.3, 0.4) is 0 Å². The second-order valence-corrected chi connectivity index (χ2v) is 15.2. The smallest absolute Gasteiger partial charge is 0.410 e. The Bertz CT molecular complexity index is 1900. The topological polar surface area (TPSA) is 104 Å². The third kappa shape index (κ3) is 5.40. The second-order valence-electron chi connectivity index (χ2n) is 14.8. The van der Waals surface area contributed by atoms with Gasteiger partial charge in [-0.1, -0.05) is 41.9 Å². The van der Waals surface area contributed by atoms with Crippen LogP contribution in [0.1, 0.15) is 52.9 Å². The Morgan fingerprint density at radius 3 is 2.60 bits per heavy atom. The molecule has 6 heterocycles. The number of amides is 1. The fraction of sp³-hybridized carbons (Fsp3) is 0.500. The fourth-order valence-electron chi connectivity index (χ4n) is 8.39. The standard InChI is InChI=1S/C36H40ClFN6O4/c1-35(2,3)48-34(46)44-22-11-12-23(44)18-42(17-22)32-26-16-39-30(25-9-4-7-21-8-5-10-27(37)28(21)25)29(38)31(26)40-33(41-32)47-20-36-13-6-14-43(36)19-24(45)15-36/h4-5,7-10,16,22-24,45H,6,11-15,17-20H2,1-3H3/t22-,23+,24-,36+/m0/s1. The SMILES string of the molecule is CC(C)(C)OC(=O)N1[C@@H]2CC[C@H]1CN(c1nc(OC[C@]34CCCN3C[C@@H](O)C4)nc3c(F)c(-c4cccc5cccc(Cl)c45)ncc13)C2. The molecule has 1 amide bonds. The van der Waals surface area contributed by atoms with Gasteiger partial charge in [-0.15, -0.1) is 0 Å². The van der Waals surface area contributed by atoms with E-state index in [-0.39, 0.29) is 40.9 Å². The molecule has 2 bridgehead atoms. The van der Waals surface area contributed by atoms with Crippen molar-refractivity contribution in [2.45, 2.75) is 82.2 Å². The minimum Gasteiger partial charge on any atom is -0.461 e. The van der Waals surface area contributed by atoms with Gasteiger partial charge in [0.05, 0.1) is 29.1 Å². The molecule has 48 heavy (non-hydrogen) atoms. The highest BCUT2D eigenvalue weighted by molar-refractivity contribution is 6.36. The van der Waals surface area contributed by atoms with Crippen LogP contribution >= 0.6 is 11.6 Å². The molecule has 1 N–H and O–H groups in total. The molecule has 8 rings (SSSR count). The molecule has 4 aliphatic heterocycles. The number of carbonyl (C=O) groups is 1. The summed E-state index contributed by atoms with van der Waals surface area (Å²) >= 11 is 6.63. The van der Waals surface area contributed by atoms with Crippen molar-refractivity contribution < 1.29 is 23.8 Å². The highest BCUT2D eigenvalue weighted by Gasteiger charge is 2.49. The molecule has 12 heteroatoms. The van der Waals surface area contributed by atoms with Crippen molar-refractivity contribution in [3.63, 3.8) is 0 Å². The summed E-state index contributed by atoms with van der Waals surface area (Å²) in [5.74, 6) is -0.0578. The van der Waals surface area contributed by atoms with Gasteiger partial charge in [-0.25, -0.2) is 9.18 Å². The Labute approximate surface area is 283 Å². The predicted octanol–water partition coefficient (Wildman–Crippen LogP) is 6.20. The van der Waals surface area contributed by atoms with Crippen molar-refractivity contribution >= 4 is 45.2 Å². The van der Waals surface area contributed by atoms with E-state index in [4.69, 9.17) is 26.1 Å². The fourth-order valence-corrected chi connectivity index (χ4v) is 8.67. The second kappa shape index (κ2) is 11.7. The first kappa shape index (κ1) is 31.5. The lowest BCUT2D eigenvalue weighted by Gasteiger charge is -2.42. The molecule has 0 radical (unpaired) electrons. The maximum atomic E-state index is 16.9. The summed E-state index contributed by atoms with van der Waals surface area (Å²) in [5.41, 5.74) is -0.0618. The van der Waals surface area contributed by atoms with Gasteiger partial charge >= 0.3 is 12.1 Å². The van der Waals surface area contributed by atoms with E-state index in [1.54, 1.807) is 12.3 Å². The maximum absolute atomic E-state index is 16.9. The number of halogens is 2. The summed E-state index contributed by atoms with van der Waals surface area (Å²) in [7, 11) is 0. The first-order valence-corrected chi connectivity index (χ1v) is 17.2. The zero-order valence-corrected chi connectivity index (χ0v) is 28.2. The molecule has 2 aromatic heterocycles. The maximum Gasteiger partial charge on any atom is 0.410 e. The van der Waals surface area contributed by atoms with E-state index in [1.165, 1.54) is 0 Å². The van der Waals surface area contributed by atoms with Crippen LogP contribution in [0.25, 0.3) is 32.9 Å². The van der Waals surface area contributed by atoms with E-state index in [1.807, 2.05) is 56.0 Å². The molecule has 4 aliphatic rings. The van der Waals surface area contributed by atoms with Crippen molar-refractivity contribution in [2.24, 2.45) is 0 Å². The number of hydrogen-bond acceptors (Lipinski definition) is 9. The molecule has 0 spiro atoms. The van der Waals surface area contributed by atoms with Crippen LogP contribution in [-0.2, 0) is 4.74 Å². The van der Waals surface area contributed by atoms with E-state index >= 15 is 4.39 Å². The first-order valence-electron chi connectivity index (χ1n) is 16.9. The molecule has 2 aromatic carbocycles. The number of aromatic nitrogens is 3. The molecule has 4 saturated heterocycles. The Morgan fingerprint density at radius 2 is 1.85 bits per heavy atom. The molecule has 252 valence electrons. The van der Waals surface area contributed by atoms with Gasteiger partial charge < -0.3 is 19.5 Å². The van der Waals surface area contributed by atoms with Crippen molar-refractivity contribution in [1.82, 2.24) is 24.8 Å². The average Bonchev–Trinajstić information content (AvgIpc) is 3.66. The van der Waals surface area contributed by atoms with Crippen molar-refractivity contribution in [3.8, 4) is 17.3 Å². The van der Waals surface area contributed by atoms with Crippen LogP contribution in [0.15, 0.2) is 42.6 Å². The number of carbonyl (C=O) groups excluding carboxylic acids is 1. The summed E-state index contributed by atoms with van der Waals surface area (Å²) in [6.07, 6.45) is 5.15. The minimum absolute atomic E-state index is 0.0752. The Kier molecular flexibility index (Phi) is 7.65. The number of pyridine rings is 1. The van der Waals surface area contributed by atoms with Gasteiger partial charge in [0, 0.05) is 41.8 Å². The van der Waals surface area contributed by atoms with Crippen LogP contribution in [0.5, 0.6) is 6.01 Å². The zero-order valence-electron chi connectivity index (χ0n) is 27.5. The molecular formula is C36H40ClFN6O4. The number of aliphatic hydroxyl groups excluding tert-OH is 1. The lowest BCUT2D eigenvalue weighted by Crippen LogP contribution is -2.57. The molecule has 0 aliphatic carbocycles. The summed E-state index contributed by atoms with van der Waals surface area (Å²) < 4.78 is 29.0. The molecule has 0 saturated carbocycles. The van der Waals surface area contributed by atoms with Gasteiger partial charge in [-0.3, -0.25) is 14.8 Å². The van der Waals surface area contributed by atoms with Crippen LogP contribution in [-0.4, -0.2) is 98.1 Å². The number of piperazine rings is 1. The monoisotopic (exact) mass is 674 g/mol. The number of β-amino-alcohol motifs (C(OH)–C–C–N with tert-alkyl or cyclic N) is 1. The number of nitrogens with zero attached hydrogens (tertiary/aromatic N) is 6. The van der Waals surface area contributed by atoms with Gasteiger partial charge in [0.2, 0.25) is 0 Å². The number of ether oxygens (including phenoxy) is 2. The van der Waals surface area contributed by atoms with E-state index < -0.39 is 17.5 Å². The number of rotatable bonds is 5. The third-order valence-corrected chi connectivity index (χ3v) is 10.7. The normalized spacial score (nSPS) is 25.7. The van der Waals surface area contributed by atoms with E-state index in [0.29, 0.717) is 59.8 Å². The number of aliphatic hydroxyl groups is 1. The zero-order chi connectivity index (χ0) is 33.4. The largest absolute Gasteiger partial charge is 0.461 e. The van der Waals surface area contributed by atoms with Crippen LogP contribution < -0.4 is 9.64 Å². The molecule has 10 nitrogen and oxygen atoms in total. The third-order valence-electron chi connectivity index (χ3n) is 10.4. The number of fused-ring (bicyclic) bond motifs is 5. The number of benzene rings is 2. The molecular weight excluding hydrogens is 635 g/mol. The van der Waals surface area contributed by atoms with Crippen LogP contribution in [0.2, 0.25) is 5.02 Å². The minimum atomic E-state index is -0.596. The summed E-state index contributed by atoms with van der Waals surface area (Å²) in [6.45, 7) is 8.45. The highest BCUT2D eigenvalue weighted by Crippen LogP contribution is 2.42. The summed E-state index contributed by atoms with van der Waals surface area (Å²) in [4.78, 5) is 33.7. The Hall–Kier alpha value is -3.80. The highest BCUT2D eigenvalue weighted by atomic mass is 35.5. The van der Waals surface area contributed by atoms with Gasteiger partial charge in [0.25, 0.3) is 0 Å². The van der Waals surface area contributed by atoms with Crippen LogP contribution in [0.4, 0.5) is 15.0 Å². The van der Waals surface area contributed by atoms with E-state index in [0.717, 1.165) is 37.6 Å². The van der Waals surface area contributed by atoms with Crippen molar-refractivity contribution in [2.75, 3.05) is 37.7 Å². The number of anilines is 1. The number of hydrogen-bond donors (Lipinski definition) is 1. The first-order chi connectivity index (χ1) is 23.0. The lowest BCUT2D eigenvalue weighted by molar-refractivity contribution is 0.0122. The Morgan fingerprint density at radius 1 is 1.10 bits per heavy atom. The lowest BCUT2D eigenvalue weighted by atomic mass is 9.94. The molecule has 0 unspecified atom stereocenters.